The molecule has 0 aliphatic rings. The van der Waals surface area contributed by atoms with E-state index < -0.39 is 6.10 Å². The van der Waals surface area contributed by atoms with Crippen LogP contribution in [-0.4, -0.2) is 49.7 Å². The van der Waals surface area contributed by atoms with Crippen LogP contribution in [0.5, 0.6) is 5.75 Å². The van der Waals surface area contributed by atoms with Crippen molar-refractivity contribution in [2.75, 3.05) is 33.4 Å². The van der Waals surface area contributed by atoms with Crippen LogP contribution in [0.3, 0.4) is 0 Å². The van der Waals surface area contributed by atoms with Crippen LogP contribution in [0.2, 0.25) is 0 Å². The van der Waals surface area contributed by atoms with Gasteiger partial charge in [0.25, 0.3) is 0 Å². The molecule has 1 aromatic rings. The van der Waals surface area contributed by atoms with Crippen LogP contribution in [-0.2, 0) is 0 Å². The van der Waals surface area contributed by atoms with Gasteiger partial charge in [0.1, 0.15) is 31.5 Å². The molecule has 0 saturated carbocycles. The molecule has 0 aliphatic heterocycles. The first-order chi connectivity index (χ1) is 8.13. The second kappa shape index (κ2) is 7.27. The lowest BCUT2D eigenvalue weighted by molar-refractivity contribution is -0.883. The first-order valence-electron chi connectivity index (χ1n) is 5.92. The SMILES string of the molecule is Cc1ccccc1OC[C@@H](O)C[NH+](C)CCO. The van der Waals surface area contributed by atoms with Gasteiger partial charge in [-0.2, -0.15) is 0 Å². The topological polar surface area (TPSA) is 54.1 Å². The Kier molecular flexibility index (Phi) is 5.97. The summed E-state index contributed by atoms with van der Waals surface area (Å²) in [5.41, 5.74) is 1.07. The van der Waals surface area contributed by atoms with Crippen molar-refractivity contribution in [1.29, 1.82) is 0 Å². The first kappa shape index (κ1) is 14.0. The number of benzene rings is 1. The van der Waals surface area contributed by atoms with Gasteiger partial charge >= 0.3 is 0 Å². The van der Waals surface area contributed by atoms with Crippen LogP contribution in [0.15, 0.2) is 24.3 Å². The fourth-order valence-corrected chi connectivity index (χ4v) is 1.66. The Morgan fingerprint density at radius 2 is 2.06 bits per heavy atom. The van der Waals surface area contributed by atoms with E-state index in [-0.39, 0.29) is 13.2 Å². The van der Waals surface area contributed by atoms with Crippen LogP contribution in [0.1, 0.15) is 5.56 Å². The van der Waals surface area contributed by atoms with Crippen LogP contribution < -0.4 is 9.64 Å². The number of aryl methyl sites for hydroxylation is 1. The number of para-hydroxylation sites is 1. The number of nitrogens with one attached hydrogen (secondary N) is 1. The monoisotopic (exact) mass is 240 g/mol. The summed E-state index contributed by atoms with van der Waals surface area (Å²) in [6, 6.07) is 7.74. The smallest absolute Gasteiger partial charge is 0.137 e. The normalized spacial score (nSPS) is 14.4. The Labute approximate surface area is 102 Å². The van der Waals surface area contributed by atoms with Crippen molar-refractivity contribution in [2.45, 2.75) is 13.0 Å². The minimum Gasteiger partial charge on any atom is -0.490 e. The van der Waals surface area contributed by atoms with Crippen molar-refractivity contribution in [3.63, 3.8) is 0 Å². The molecule has 3 N–H and O–H groups in total. The van der Waals surface area contributed by atoms with Crippen molar-refractivity contribution >= 4 is 0 Å². The van der Waals surface area contributed by atoms with Crippen molar-refractivity contribution in [1.82, 2.24) is 0 Å². The van der Waals surface area contributed by atoms with E-state index in [0.29, 0.717) is 13.1 Å². The van der Waals surface area contributed by atoms with Gasteiger partial charge < -0.3 is 19.8 Å². The molecule has 0 bridgehead atoms. The summed E-state index contributed by atoms with van der Waals surface area (Å²) in [5, 5.41) is 18.5. The predicted octanol–water partition coefficient (Wildman–Crippen LogP) is -0.758. The van der Waals surface area contributed by atoms with Gasteiger partial charge in [-0.1, -0.05) is 18.2 Å². The minimum atomic E-state index is -0.513. The lowest BCUT2D eigenvalue weighted by Crippen LogP contribution is -3.10. The van der Waals surface area contributed by atoms with Gasteiger partial charge in [0.2, 0.25) is 0 Å². The summed E-state index contributed by atoms with van der Waals surface area (Å²) in [5.74, 6) is 0.811. The molecule has 0 spiro atoms. The quantitative estimate of drug-likeness (QED) is 0.587. The average molecular weight is 240 g/mol. The number of likely N-dealkylation sites (N-methyl/N-ethyl adjacent to an activating group) is 1. The third-order valence-corrected chi connectivity index (χ3v) is 2.65. The van der Waals surface area contributed by atoms with Crippen molar-refractivity contribution in [2.24, 2.45) is 0 Å². The van der Waals surface area contributed by atoms with E-state index in [1.165, 1.54) is 0 Å². The van der Waals surface area contributed by atoms with E-state index in [0.717, 1.165) is 16.2 Å². The lowest BCUT2D eigenvalue weighted by atomic mass is 10.2. The highest BCUT2D eigenvalue weighted by Crippen LogP contribution is 2.15. The molecule has 17 heavy (non-hydrogen) atoms. The average Bonchev–Trinajstić information content (AvgIpc) is 2.28. The Hall–Kier alpha value is -1.10. The number of rotatable bonds is 7. The van der Waals surface area contributed by atoms with Gasteiger partial charge in [-0.3, -0.25) is 0 Å². The van der Waals surface area contributed by atoms with E-state index in [9.17, 15) is 5.11 Å². The van der Waals surface area contributed by atoms with Gasteiger partial charge in [0.15, 0.2) is 0 Å². The minimum absolute atomic E-state index is 0.136. The van der Waals surface area contributed by atoms with Gasteiger partial charge in [0.05, 0.1) is 13.7 Å². The zero-order valence-electron chi connectivity index (χ0n) is 10.5. The van der Waals surface area contributed by atoms with E-state index in [1.54, 1.807) is 0 Å². The molecular formula is C13H22NO3+. The van der Waals surface area contributed by atoms with E-state index in [4.69, 9.17) is 9.84 Å². The van der Waals surface area contributed by atoms with Crippen LogP contribution in [0, 0.1) is 6.92 Å². The largest absolute Gasteiger partial charge is 0.490 e. The summed E-state index contributed by atoms with van der Waals surface area (Å²) >= 11 is 0. The Morgan fingerprint density at radius 3 is 2.71 bits per heavy atom. The fourth-order valence-electron chi connectivity index (χ4n) is 1.66. The maximum Gasteiger partial charge on any atom is 0.137 e. The second-order valence-electron chi connectivity index (χ2n) is 4.37. The number of ether oxygens (including phenoxy) is 1. The summed E-state index contributed by atoms with van der Waals surface area (Å²) in [6.07, 6.45) is -0.513. The van der Waals surface area contributed by atoms with Crippen molar-refractivity contribution < 1.29 is 19.8 Å². The lowest BCUT2D eigenvalue weighted by Gasteiger charge is -2.18. The highest BCUT2D eigenvalue weighted by Gasteiger charge is 2.12. The number of aliphatic hydroxyl groups excluding tert-OH is 2. The standard InChI is InChI=1S/C13H21NO3/c1-11-5-3-4-6-13(11)17-10-12(16)9-14(2)7-8-15/h3-6,12,15-16H,7-10H2,1-2H3/p+1/t12-/m0/s1. The molecule has 0 aromatic heterocycles. The highest BCUT2D eigenvalue weighted by atomic mass is 16.5. The molecule has 4 nitrogen and oxygen atoms in total. The number of quaternary nitrogens is 1. The van der Waals surface area contributed by atoms with Crippen LogP contribution >= 0.6 is 0 Å². The van der Waals surface area contributed by atoms with Crippen LogP contribution in [0.25, 0.3) is 0 Å². The maximum absolute atomic E-state index is 9.77. The molecule has 96 valence electrons. The zero-order valence-corrected chi connectivity index (χ0v) is 10.5. The number of aliphatic hydroxyl groups is 2. The molecule has 1 unspecified atom stereocenters. The van der Waals surface area contributed by atoms with Crippen molar-refractivity contribution in [3.05, 3.63) is 29.8 Å². The first-order valence-corrected chi connectivity index (χ1v) is 5.92. The summed E-state index contributed by atoms with van der Waals surface area (Å²) in [6.45, 7) is 3.61. The second-order valence-corrected chi connectivity index (χ2v) is 4.37. The molecule has 1 aromatic carbocycles. The molecule has 0 fully saturated rings. The third-order valence-electron chi connectivity index (χ3n) is 2.65. The molecule has 0 aliphatic carbocycles. The number of hydrogen-bond acceptors (Lipinski definition) is 3. The van der Waals surface area contributed by atoms with Gasteiger partial charge in [0, 0.05) is 0 Å². The summed E-state index contributed by atoms with van der Waals surface area (Å²) in [7, 11) is 1.94. The zero-order chi connectivity index (χ0) is 12.7. The van der Waals surface area contributed by atoms with Crippen molar-refractivity contribution in [3.8, 4) is 5.75 Å². The molecule has 4 heteroatoms. The summed E-state index contributed by atoms with van der Waals surface area (Å²) < 4.78 is 5.55. The fraction of sp³-hybridized carbons (Fsp3) is 0.538. The predicted molar refractivity (Wildman–Crippen MR) is 66.4 cm³/mol. The molecule has 0 radical (unpaired) electrons. The molecule has 2 atom stereocenters. The Balaban J connectivity index is 2.33. The summed E-state index contributed by atoms with van der Waals surface area (Å²) in [4.78, 5) is 1.09. The van der Waals surface area contributed by atoms with E-state index >= 15 is 0 Å². The Bertz CT molecular complexity index is 330. The molecule has 1 rings (SSSR count). The highest BCUT2D eigenvalue weighted by molar-refractivity contribution is 5.31. The molecule has 0 amide bonds. The van der Waals surface area contributed by atoms with E-state index in [1.807, 2.05) is 38.2 Å². The molecular weight excluding hydrogens is 218 g/mol. The van der Waals surface area contributed by atoms with Gasteiger partial charge in [-0.25, -0.2) is 0 Å². The van der Waals surface area contributed by atoms with Crippen LogP contribution in [0.4, 0.5) is 0 Å². The molecule has 0 saturated heterocycles. The third kappa shape index (κ3) is 5.17. The van der Waals surface area contributed by atoms with Gasteiger partial charge in [-0.05, 0) is 18.6 Å². The number of hydrogen-bond donors (Lipinski definition) is 3. The maximum atomic E-state index is 9.77. The Morgan fingerprint density at radius 1 is 1.35 bits per heavy atom. The van der Waals surface area contributed by atoms with E-state index in [2.05, 4.69) is 0 Å². The van der Waals surface area contributed by atoms with Gasteiger partial charge in [-0.15, -0.1) is 0 Å². The molecule has 0 heterocycles.